The summed E-state index contributed by atoms with van der Waals surface area (Å²) in [6, 6.07) is 9.24. The Morgan fingerprint density at radius 1 is 1.33 bits per heavy atom. The Bertz CT molecular complexity index is 446. The average molecular weight is 266 g/mol. The van der Waals surface area contributed by atoms with E-state index in [1.165, 1.54) is 14.0 Å². The van der Waals surface area contributed by atoms with Crippen LogP contribution in [0.3, 0.4) is 0 Å². The van der Waals surface area contributed by atoms with Crippen LogP contribution in [0.4, 0.5) is 5.69 Å². The van der Waals surface area contributed by atoms with E-state index in [2.05, 4.69) is 15.3 Å². The lowest BCUT2D eigenvalue weighted by molar-refractivity contribution is -0.137. The minimum absolute atomic E-state index is 0.0609. The maximum atomic E-state index is 11.3. The molecule has 0 aliphatic heterocycles. The fourth-order valence-corrected chi connectivity index (χ4v) is 1.71. The molecule has 0 aromatic heterocycles. The Kier molecular flexibility index (Phi) is 5.93. The fourth-order valence-electron chi connectivity index (χ4n) is 1.03. The first kappa shape index (κ1) is 14.2. The molecule has 0 atom stereocenters. The number of hydrazone groups is 1. The predicted molar refractivity (Wildman–Crippen MR) is 72.7 cm³/mol. The van der Waals surface area contributed by atoms with Crippen LogP contribution in [0, 0.1) is 0 Å². The van der Waals surface area contributed by atoms with Crippen molar-refractivity contribution >= 4 is 34.2 Å². The summed E-state index contributed by atoms with van der Waals surface area (Å²) in [7, 11) is 1.30. The highest BCUT2D eigenvalue weighted by molar-refractivity contribution is 8.16. The molecule has 0 bridgehead atoms. The van der Waals surface area contributed by atoms with Crippen molar-refractivity contribution in [1.29, 1.82) is 0 Å². The van der Waals surface area contributed by atoms with Gasteiger partial charge in [-0.2, -0.15) is 5.10 Å². The average Bonchev–Trinajstić information content (AvgIpc) is 2.39. The van der Waals surface area contributed by atoms with Crippen molar-refractivity contribution < 1.29 is 14.3 Å². The van der Waals surface area contributed by atoms with Crippen molar-refractivity contribution in [2.45, 2.75) is 6.92 Å². The lowest BCUT2D eigenvalue weighted by Gasteiger charge is -2.03. The Labute approximate surface area is 110 Å². The highest BCUT2D eigenvalue weighted by Gasteiger charge is 2.10. The first-order chi connectivity index (χ1) is 8.63. The third kappa shape index (κ3) is 5.01. The minimum Gasteiger partial charge on any atom is -0.468 e. The second-order valence-electron chi connectivity index (χ2n) is 3.32. The van der Waals surface area contributed by atoms with Crippen LogP contribution in [-0.2, 0) is 14.3 Å². The number of rotatable bonds is 5. The number of ketones is 1. The van der Waals surface area contributed by atoms with E-state index in [4.69, 9.17) is 0 Å². The molecule has 5 nitrogen and oxygen atoms in total. The second kappa shape index (κ2) is 7.50. The number of thioether (sulfide) groups is 1. The lowest BCUT2D eigenvalue weighted by atomic mass is 10.3. The van der Waals surface area contributed by atoms with Gasteiger partial charge in [0, 0.05) is 6.92 Å². The first-order valence-electron chi connectivity index (χ1n) is 5.22. The van der Waals surface area contributed by atoms with E-state index in [1.54, 1.807) is 0 Å². The van der Waals surface area contributed by atoms with Gasteiger partial charge >= 0.3 is 5.97 Å². The van der Waals surface area contributed by atoms with Crippen LogP contribution in [0.15, 0.2) is 35.4 Å². The molecule has 0 fully saturated rings. The van der Waals surface area contributed by atoms with Gasteiger partial charge in [0.05, 0.1) is 18.6 Å². The maximum absolute atomic E-state index is 11.3. The zero-order chi connectivity index (χ0) is 13.4. The van der Waals surface area contributed by atoms with E-state index in [1.807, 2.05) is 30.3 Å². The van der Waals surface area contributed by atoms with E-state index in [9.17, 15) is 9.59 Å². The Hall–Kier alpha value is -1.82. The SMILES string of the molecule is COC(=O)CSC(=NNc1ccccc1)C(C)=O. The van der Waals surface area contributed by atoms with Crippen molar-refractivity contribution in [2.24, 2.45) is 5.10 Å². The van der Waals surface area contributed by atoms with Crippen LogP contribution >= 0.6 is 11.8 Å². The molecule has 0 heterocycles. The number of Topliss-reactive ketones (excluding diaryl/α,β-unsaturated/α-hetero) is 1. The summed E-state index contributed by atoms with van der Waals surface area (Å²) in [6.45, 7) is 1.40. The van der Waals surface area contributed by atoms with E-state index < -0.39 is 5.97 Å². The number of anilines is 1. The molecule has 1 N–H and O–H groups in total. The van der Waals surface area contributed by atoms with Crippen molar-refractivity contribution in [1.82, 2.24) is 0 Å². The quantitative estimate of drug-likeness (QED) is 0.381. The van der Waals surface area contributed by atoms with Crippen LogP contribution in [0.1, 0.15) is 6.92 Å². The molecule has 18 heavy (non-hydrogen) atoms. The van der Waals surface area contributed by atoms with E-state index >= 15 is 0 Å². The van der Waals surface area contributed by atoms with Gasteiger partial charge in [-0.15, -0.1) is 0 Å². The van der Waals surface area contributed by atoms with Crippen molar-refractivity contribution in [2.75, 3.05) is 18.3 Å². The van der Waals surface area contributed by atoms with Crippen LogP contribution in [-0.4, -0.2) is 29.7 Å². The number of esters is 1. The first-order valence-corrected chi connectivity index (χ1v) is 6.21. The fraction of sp³-hybridized carbons (Fsp3) is 0.250. The van der Waals surface area contributed by atoms with Gasteiger partial charge in [-0.1, -0.05) is 30.0 Å². The molecule has 96 valence electrons. The molecule has 0 saturated carbocycles. The third-order valence-electron chi connectivity index (χ3n) is 1.92. The molecule has 6 heteroatoms. The van der Waals surface area contributed by atoms with E-state index in [-0.39, 0.29) is 16.6 Å². The number of nitrogens with zero attached hydrogens (tertiary/aromatic N) is 1. The van der Waals surface area contributed by atoms with Gasteiger partial charge in [0.2, 0.25) is 0 Å². The zero-order valence-electron chi connectivity index (χ0n) is 10.2. The van der Waals surface area contributed by atoms with Gasteiger partial charge in [-0.05, 0) is 12.1 Å². The van der Waals surface area contributed by atoms with Crippen molar-refractivity contribution in [3.8, 4) is 0 Å². The lowest BCUT2D eigenvalue weighted by Crippen LogP contribution is -2.12. The van der Waals surface area contributed by atoms with Gasteiger partial charge < -0.3 is 4.74 Å². The normalized spacial score (nSPS) is 10.9. The van der Waals surface area contributed by atoms with Gasteiger partial charge in [-0.3, -0.25) is 15.0 Å². The number of nitrogens with one attached hydrogen (secondary N) is 1. The molecule has 0 amide bonds. The molecule has 0 aliphatic carbocycles. The minimum atomic E-state index is -0.395. The standard InChI is InChI=1S/C12H14N2O3S/c1-9(15)12(18-8-11(16)17-2)14-13-10-6-4-3-5-7-10/h3-7,13H,8H2,1-2H3. The highest BCUT2D eigenvalue weighted by atomic mass is 32.2. The summed E-state index contributed by atoms with van der Waals surface area (Å²) in [5.41, 5.74) is 3.54. The largest absolute Gasteiger partial charge is 0.468 e. The number of hydrogen-bond acceptors (Lipinski definition) is 6. The third-order valence-corrected chi connectivity index (χ3v) is 2.95. The molecule has 1 aromatic rings. The summed E-state index contributed by atoms with van der Waals surface area (Å²) in [4.78, 5) is 22.3. The summed E-state index contributed by atoms with van der Waals surface area (Å²) >= 11 is 1.04. The van der Waals surface area contributed by atoms with Gasteiger partial charge in [0.15, 0.2) is 10.8 Å². The summed E-state index contributed by atoms with van der Waals surface area (Å²) in [6.07, 6.45) is 0. The number of benzene rings is 1. The zero-order valence-corrected chi connectivity index (χ0v) is 11.0. The molecule has 0 spiro atoms. The number of ether oxygens (including phenoxy) is 1. The number of carbonyl (C=O) groups excluding carboxylic acids is 2. The number of para-hydroxylation sites is 1. The Morgan fingerprint density at radius 2 is 2.00 bits per heavy atom. The second-order valence-corrected chi connectivity index (χ2v) is 4.28. The molecule has 1 rings (SSSR count). The van der Waals surface area contributed by atoms with Gasteiger partial charge in [-0.25, -0.2) is 0 Å². The number of carbonyl (C=O) groups is 2. The number of hydrogen-bond donors (Lipinski definition) is 1. The smallest absolute Gasteiger partial charge is 0.316 e. The molecule has 1 aromatic carbocycles. The monoisotopic (exact) mass is 266 g/mol. The molecular weight excluding hydrogens is 252 g/mol. The Morgan fingerprint density at radius 3 is 2.56 bits per heavy atom. The summed E-state index contributed by atoms with van der Waals surface area (Å²) in [5, 5.41) is 4.21. The molecule has 0 saturated heterocycles. The Balaban J connectivity index is 2.61. The molecule has 0 radical (unpaired) electrons. The molecular formula is C12H14N2O3S. The van der Waals surface area contributed by atoms with E-state index in [0.717, 1.165) is 17.4 Å². The number of methoxy groups -OCH3 is 1. The van der Waals surface area contributed by atoms with Crippen molar-refractivity contribution in [3.05, 3.63) is 30.3 Å². The van der Waals surface area contributed by atoms with Crippen LogP contribution in [0.5, 0.6) is 0 Å². The van der Waals surface area contributed by atoms with Crippen LogP contribution < -0.4 is 5.43 Å². The van der Waals surface area contributed by atoms with Gasteiger partial charge in [0.1, 0.15) is 0 Å². The molecule has 0 unspecified atom stereocenters. The molecule has 0 aliphatic rings. The van der Waals surface area contributed by atoms with Crippen LogP contribution in [0.2, 0.25) is 0 Å². The maximum Gasteiger partial charge on any atom is 0.316 e. The highest BCUT2D eigenvalue weighted by Crippen LogP contribution is 2.09. The topological polar surface area (TPSA) is 67.8 Å². The predicted octanol–water partition coefficient (Wildman–Crippen LogP) is 1.91. The summed E-state index contributed by atoms with van der Waals surface area (Å²) < 4.78 is 4.50. The van der Waals surface area contributed by atoms with Gasteiger partial charge in [0.25, 0.3) is 0 Å². The summed E-state index contributed by atoms with van der Waals surface area (Å²) in [5.74, 6) is -0.535. The van der Waals surface area contributed by atoms with E-state index in [0.29, 0.717) is 0 Å². The van der Waals surface area contributed by atoms with Crippen molar-refractivity contribution in [3.63, 3.8) is 0 Å². The van der Waals surface area contributed by atoms with Crippen LogP contribution in [0.25, 0.3) is 0 Å².